The largest absolute Gasteiger partial charge is 0.325 e. The van der Waals surface area contributed by atoms with Crippen molar-refractivity contribution in [3.8, 4) is 0 Å². The zero-order valence-electron chi connectivity index (χ0n) is 13.9. The molecule has 2 aromatic rings. The maximum atomic E-state index is 12.6. The maximum Gasteiger partial charge on any atom is 0.237 e. The number of thioether (sulfide) groups is 1. The van der Waals surface area contributed by atoms with Crippen molar-refractivity contribution in [3.05, 3.63) is 58.6 Å². The quantitative estimate of drug-likeness (QED) is 0.683. The lowest BCUT2D eigenvalue weighted by molar-refractivity contribution is -0.115. The molecule has 0 aromatic heterocycles. The number of hydrogen-bond acceptors (Lipinski definition) is 2. The molecule has 4 heteroatoms. The third-order valence-electron chi connectivity index (χ3n) is 3.67. The van der Waals surface area contributed by atoms with Crippen LogP contribution in [0.3, 0.4) is 0 Å². The molecule has 2 aromatic carbocycles. The van der Waals surface area contributed by atoms with Gasteiger partial charge in [-0.25, -0.2) is 0 Å². The average molecular weight is 348 g/mol. The minimum atomic E-state index is -0.184. The van der Waals surface area contributed by atoms with Gasteiger partial charge in [-0.1, -0.05) is 43.6 Å². The van der Waals surface area contributed by atoms with Gasteiger partial charge in [0.05, 0.1) is 5.25 Å². The lowest BCUT2D eigenvalue weighted by Gasteiger charge is -2.18. The third-order valence-corrected chi connectivity index (χ3v) is 5.03. The summed E-state index contributed by atoms with van der Waals surface area (Å²) in [5, 5.41) is 3.62. The van der Waals surface area contributed by atoms with Crippen molar-refractivity contribution in [3.63, 3.8) is 0 Å². The number of rotatable bonds is 5. The van der Waals surface area contributed by atoms with E-state index in [1.165, 1.54) is 17.3 Å². The molecule has 0 radical (unpaired) electrons. The van der Waals surface area contributed by atoms with Gasteiger partial charge in [0.2, 0.25) is 5.91 Å². The molecule has 0 heterocycles. The van der Waals surface area contributed by atoms with E-state index in [-0.39, 0.29) is 11.2 Å². The fourth-order valence-electron chi connectivity index (χ4n) is 2.34. The smallest absolute Gasteiger partial charge is 0.237 e. The summed E-state index contributed by atoms with van der Waals surface area (Å²) in [5.74, 6) is 0.380. The Morgan fingerprint density at radius 2 is 1.74 bits per heavy atom. The highest BCUT2D eigenvalue weighted by molar-refractivity contribution is 8.00. The van der Waals surface area contributed by atoms with Crippen molar-refractivity contribution in [2.45, 2.75) is 43.8 Å². The predicted octanol–water partition coefficient (Wildman–Crippen LogP) is 5.89. The minimum Gasteiger partial charge on any atom is -0.325 e. The Balaban J connectivity index is 2.11. The molecule has 0 saturated heterocycles. The Kier molecular flexibility index (Phi) is 6.14. The highest BCUT2D eigenvalue weighted by Gasteiger charge is 2.18. The first-order chi connectivity index (χ1) is 10.9. The fourth-order valence-corrected chi connectivity index (χ4v) is 3.33. The second-order valence-corrected chi connectivity index (χ2v) is 7.75. The van der Waals surface area contributed by atoms with E-state index in [1.807, 2.05) is 50.2 Å². The topological polar surface area (TPSA) is 29.1 Å². The Bertz CT molecular complexity index is 682. The fraction of sp³-hybridized carbons (Fsp3) is 0.316. The number of amides is 1. The van der Waals surface area contributed by atoms with Crippen LogP contribution in [0.2, 0.25) is 5.02 Å². The van der Waals surface area contributed by atoms with E-state index < -0.39 is 0 Å². The summed E-state index contributed by atoms with van der Waals surface area (Å²) in [6.45, 7) is 8.22. The first-order valence-corrected chi connectivity index (χ1v) is 8.97. The van der Waals surface area contributed by atoms with Crippen LogP contribution in [0.25, 0.3) is 0 Å². The number of hydrogen-bond donors (Lipinski definition) is 1. The van der Waals surface area contributed by atoms with Crippen LogP contribution in [-0.4, -0.2) is 11.2 Å². The van der Waals surface area contributed by atoms with Crippen LogP contribution in [-0.2, 0) is 4.79 Å². The molecule has 0 spiro atoms. The summed E-state index contributed by atoms with van der Waals surface area (Å²) >= 11 is 7.42. The van der Waals surface area contributed by atoms with E-state index in [0.717, 1.165) is 16.1 Å². The first-order valence-electron chi connectivity index (χ1n) is 7.71. The molecule has 122 valence electrons. The van der Waals surface area contributed by atoms with Gasteiger partial charge in [0.1, 0.15) is 0 Å². The van der Waals surface area contributed by atoms with Crippen LogP contribution in [0.15, 0.2) is 47.4 Å². The molecule has 0 aliphatic carbocycles. The monoisotopic (exact) mass is 347 g/mol. The molecule has 1 amide bonds. The van der Waals surface area contributed by atoms with Crippen molar-refractivity contribution in [1.29, 1.82) is 0 Å². The molecule has 0 aliphatic heterocycles. The van der Waals surface area contributed by atoms with E-state index in [2.05, 4.69) is 25.2 Å². The van der Waals surface area contributed by atoms with E-state index >= 15 is 0 Å². The number of carbonyl (C=O) groups is 1. The third kappa shape index (κ3) is 4.76. The van der Waals surface area contributed by atoms with Crippen molar-refractivity contribution in [2.24, 2.45) is 0 Å². The second-order valence-electron chi connectivity index (χ2n) is 5.90. The van der Waals surface area contributed by atoms with Crippen molar-refractivity contribution >= 4 is 35.0 Å². The summed E-state index contributed by atoms with van der Waals surface area (Å²) in [6, 6.07) is 13.7. The Morgan fingerprint density at radius 1 is 1.09 bits per heavy atom. The Hall–Kier alpha value is -1.45. The van der Waals surface area contributed by atoms with Crippen LogP contribution in [0, 0.1) is 6.92 Å². The molecular weight excluding hydrogens is 326 g/mol. The molecule has 0 saturated carbocycles. The number of para-hydroxylation sites is 1. The van der Waals surface area contributed by atoms with Gasteiger partial charge in [0.25, 0.3) is 0 Å². The second kappa shape index (κ2) is 7.89. The summed E-state index contributed by atoms with van der Waals surface area (Å²) < 4.78 is 0. The Labute approximate surface area is 147 Å². The van der Waals surface area contributed by atoms with Crippen molar-refractivity contribution in [1.82, 2.24) is 0 Å². The van der Waals surface area contributed by atoms with Gasteiger partial charge in [-0.2, -0.15) is 0 Å². The summed E-state index contributed by atoms with van der Waals surface area (Å²) in [5.41, 5.74) is 3.20. The minimum absolute atomic E-state index is 0.0150. The summed E-state index contributed by atoms with van der Waals surface area (Å²) in [6.07, 6.45) is 0. The normalized spacial score (nSPS) is 12.3. The number of benzene rings is 2. The zero-order valence-corrected chi connectivity index (χ0v) is 15.5. The highest BCUT2D eigenvalue weighted by Crippen LogP contribution is 2.30. The van der Waals surface area contributed by atoms with E-state index in [9.17, 15) is 4.79 Å². The lowest BCUT2D eigenvalue weighted by Crippen LogP contribution is -2.23. The van der Waals surface area contributed by atoms with Gasteiger partial charge < -0.3 is 5.32 Å². The number of nitrogens with one attached hydrogen (secondary N) is 1. The summed E-state index contributed by atoms with van der Waals surface area (Å²) in [7, 11) is 0. The van der Waals surface area contributed by atoms with Gasteiger partial charge in [-0.15, -0.1) is 11.8 Å². The van der Waals surface area contributed by atoms with E-state index in [1.54, 1.807) is 0 Å². The van der Waals surface area contributed by atoms with Gasteiger partial charge in [-0.3, -0.25) is 4.79 Å². The van der Waals surface area contributed by atoms with Gasteiger partial charge in [-0.05, 0) is 55.2 Å². The molecule has 0 fully saturated rings. The molecule has 1 N–H and O–H groups in total. The van der Waals surface area contributed by atoms with Crippen LogP contribution in [0.4, 0.5) is 5.69 Å². The lowest BCUT2D eigenvalue weighted by atomic mass is 9.98. The van der Waals surface area contributed by atoms with Crippen LogP contribution in [0.5, 0.6) is 0 Å². The molecular formula is C19H22ClNOS. The number of anilines is 1. The highest BCUT2D eigenvalue weighted by atomic mass is 35.5. The standard InChI is InChI=1S/C19H22ClNOS/c1-12(2)17-7-5-6-13(3)18(17)21-19(22)14(4)23-16-10-8-15(20)9-11-16/h5-12,14H,1-4H3,(H,21,22)/t14-/m0/s1. The molecule has 1 atom stereocenters. The molecule has 0 aliphatic rings. The average Bonchev–Trinajstić information content (AvgIpc) is 2.51. The van der Waals surface area contributed by atoms with Crippen LogP contribution >= 0.6 is 23.4 Å². The van der Waals surface area contributed by atoms with E-state index in [0.29, 0.717) is 10.9 Å². The van der Waals surface area contributed by atoms with Gasteiger partial charge in [0.15, 0.2) is 0 Å². The number of halogens is 1. The molecule has 0 bridgehead atoms. The molecule has 0 unspecified atom stereocenters. The van der Waals surface area contributed by atoms with Crippen LogP contribution < -0.4 is 5.32 Å². The van der Waals surface area contributed by atoms with Crippen molar-refractivity contribution < 1.29 is 4.79 Å². The van der Waals surface area contributed by atoms with E-state index in [4.69, 9.17) is 11.6 Å². The molecule has 2 rings (SSSR count). The Morgan fingerprint density at radius 3 is 2.35 bits per heavy atom. The molecule has 2 nitrogen and oxygen atoms in total. The summed E-state index contributed by atoms with van der Waals surface area (Å²) in [4.78, 5) is 13.6. The van der Waals surface area contributed by atoms with Crippen LogP contribution in [0.1, 0.15) is 37.8 Å². The SMILES string of the molecule is Cc1cccc(C(C)C)c1NC(=O)[C@H](C)Sc1ccc(Cl)cc1. The van der Waals surface area contributed by atoms with Crippen molar-refractivity contribution in [2.75, 3.05) is 5.32 Å². The van der Waals surface area contributed by atoms with Gasteiger partial charge >= 0.3 is 0 Å². The van der Waals surface area contributed by atoms with Gasteiger partial charge in [0, 0.05) is 15.6 Å². The first kappa shape index (κ1) is 17.9. The predicted molar refractivity (Wildman–Crippen MR) is 101 cm³/mol. The maximum absolute atomic E-state index is 12.6. The number of aryl methyl sites for hydroxylation is 1. The number of carbonyl (C=O) groups excluding carboxylic acids is 1. The zero-order chi connectivity index (χ0) is 17.0. The molecule has 23 heavy (non-hydrogen) atoms.